The fourth-order valence-corrected chi connectivity index (χ4v) is 3.05. The van der Waals surface area contributed by atoms with Crippen LogP contribution in [0.2, 0.25) is 0 Å². The Kier molecular flexibility index (Phi) is 4.13. The molecule has 1 amide bonds. The van der Waals surface area contributed by atoms with Crippen LogP contribution in [0.1, 0.15) is 46.0 Å². The molecule has 0 aromatic rings. The number of carbonyl (C=O) groups excluding carboxylic acids is 1. The summed E-state index contributed by atoms with van der Waals surface area (Å²) in [6.45, 7) is 4.57. The molecule has 1 saturated heterocycles. The summed E-state index contributed by atoms with van der Waals surface area (Å²) in [5.74, 6) is -0.741. The average molecular weight is 269 g/mol. The summed E-state index contributed by atoms with van der Waals surface area (Å²) in [6, 6.07) is 0. The SMILES string of the molecule is CC1CCC(NC(=O)C2CCOC2C)(C(=O)O)CC1. The maximum absolute atomic E-state index is 12.3. The highest BCUT2D eigenvalue weighted by Crippen LogP contribution is 2.33. The molecule has 2 N–H and O–H groups in total. The number of hydrogen-bond acceptors (Lipinski definition) is 3. The van der Waals surface area contributed by atoms with Crippen molar-refractivity contribution < 1.29 is 19.4 Å². The van der Waals surface area contributed by atoms with Gasteiger partial charge in [0.2, 0.25) is 5.91 Å². The molecule has 0 aromatic carbocycles. The van der Waals surface area contributed by atoms with E-state index < -0.39 is 11.5 Å². The van der Waals surface area contributed by atoms with E-state index in [0.29, 0.717) is 31.8 Å². The normalized spacial score (nSPS) is 38.9. The van der Waals surface area contributed by atoms with E-state index in [4.69, 9.17) is 4.74 Å². The first-order valence-electron chi connectivity index (χ1n) is 7.11. The highest BCUT2D eigenvalue weighted by atomic mass is 16.5. The Morgan fingerprint density at radius 2 is 1.84 bits per heavy atom. The molecule has 5 nitrogen and oxygen atoms in total. The number of ether oxygens (including phenoxy) is 1. The number of carbonyl (C=O) groups is 2. The standard InChI is InChI=1S/C14H23NO4/c1-9-3-6-14(7-4-9,13(17)18)15-12(16)11-5-8-19-10(11)2/h9-11H,3-8H2,1-2H3,(H,15,16)(H,17,18). The summed E-state index contributed by atoms with van der Waals surface area (Å²) >= 11 is 0. The second-order valence-electron chi connectivity index (χ2n) is 6.03. The van der Waals surface area contributed by atoms with E-state index >= 15 is 0 Å². The Morgan fingerprint density at radius 3 is 2.32 bits per heavy atom. The van der Waals surface area contributed by atoms with Crippen molar-refractivity contribution in [3.05, 3.63) is 0 Å². The lowest BCUT2D eigenvalue weighted by atomic mass is 9.76. The molecule has 108 valence electrons. The number of carboxylic acid groups (broad SMARTS) is 1. The van der Waals surface area contributed by atoms with Gasteiger partial charge in [0.1, 0.15) is 5.54 Å². The second kappa shape index (κ2) is 5.49. The average Bonchev–Trinajstić information content (AvgIpc) is 2.78. The summed E-state index contributed by atoms with van der Waals surface area (Å²) in [5.41, 5.74) is -1.06. The Bertz CT molecular complexity index is 360. The van der Waals surface area contributed by atoms with Crippen LogP contribution in [0, 0.1) is 11.8 Å². The molecule has 0 spiro atoms. The van der Waals surface area contributed by atoms with Crippen molar-refractivity contribution in [3.63, 3.8) is 0 Å². The van der Waals surface area contributed by atoms with Gasteiger partial charge in [0.15, 0.2) is 0 Å². The van der Waals surface area contributed by atoms with Crippen LogP contribution in [-0.2, 0) is 14.3 Å². The number of nitrogens with one attached hydrogen (secondary N) is 1. The summed E-state index contributed by atoms with van der Waals surface area (Å²) in [6.07, 6.45) is 3.31. The first-order valence-corrected chi connectivity index (χ1v) is 7.11. The van der Waals surface area contributed by atoms with Crippen molar-refractivity contribution in [2.45, 2.75) is 57.6 Å². The van der Waals surface area contributed by atoms with Gasteiger partial charge in [0.25, 0.3) is 0 Å². The van der Waals surface area contributed by atoms with Gasteiger partial charge in [-0.1, -0.05) is 6.92 Å². The Balaban J connectivity index is 2.04. The molecule has 0 bridgehead atoms. The van der Waals surface area contributed by atoms with E-state index in [2.05, 4.69) is 12.2 Å². The third kappa shape index (κ3) is 2.91. The van der Waals surface area contributed by atoms with Gasteiger partial charge in [-0.15, -0.1) is 0 Å². The van der Waals surface area contributed by atoms with Crippen molar-refractivity contribution in [1.82, 2.24) is 5.32 Å². The molecule has 2 aliphatic rings. The molecule has 2 fully saturated rings. The fraction of sp³-hybridized carbons (Fsp3) is 0.857. The zero-order chi connectivity index (χ0) is 14.0. The predicted molar refractivity (Wildman–Crippen MR) is 69.7 cm³/mol. The quantitative estimate of drug-likeness (QED) is 0.815. The molecule has 1 saturated carbocycles. The predicted octanol–water partition coefficient (Wildman–Crippen LogP) is 1.56. The summed E-state index contributed by atoms with van der Waals surface area (Å²) in [4.78, 5) is 23.8. The molecular formula is C14H23NO4. The van der Waals surface area contributed by atoms with Gasteiger partial charge >= 0.3 is 5.97 Å². The van der Waals surface area contributed by atoms with Crippen molar-refractivity contribution in [1.29, 1.82) is 0 Å². The van der Waals surface area contributed by atoms with Crippen LogP contribution in [0.25, 0.3) is 0 Å². The fourth-order valence-electron chi connectivity index (χ4n) is 3.05. The molecular weight excluding hydrogens is 246 g/mol. The van der Waals surface area contributed by atoms with Gasteiger partial charge in [-0.25, -0.2) is 4.79 Å². The highest BCUT2D eigenvalue weighted by Gasteiger charge is 2.44. The zero-order valence-corrected chi connectivity index (χ0v) is 11.6. The van der Waals surface area contributed by atoms with Gasteiger partial charge in [-0.3, -0.25) is 4.79 Å². The number of rotatable bonds is 3. The maximum Gasteiger partial charge on any atom is 0.329 e. The van der Waals surface area contributed by atoms with Crippen molar-refractivity contribution in [2.75, 3.05) is 6.61 Å². The van der Waals surface area contributed by atoms with Crippen LogP contribution in [0.3, 0.4) is 0 Å². The van der Waals surface area contributed by atoms with Gasteiger partial charge < -0.3 is 15.2 Å². The minimum absolute atomic E-state index is 0.117. The lowest BCUT2D eigenvalue weighted by molar-refractivity contribution is -0.150. The molecule has 0 radical (unpaired) electrons. The topological polar surface area (TPSA) is 75.6 Å². The lowest BCUT2D eigenvalue weighted by Crippen LogP contribution is -2.58. The van der Waals surface area contributed by atoms with Crippen molar-refractivity contribution >= 4 is 11.9 Å². The number of aliphatic carboxylic acids is 1. The smallest absolute Gasteiger partial charge is 0.329 e. The minimum Gasteiger partial charge on any atom is -0.480 e. The Labute approximate surface area is 113 Å². The molecule has 1 heterocycles. The number of hydrogen-bond donors (Lipinski definition) is 2. The number of carboxylic acids is 1. The summed E-state index contributed by atoms with van der Waals surface area (Å²) in [5, 5.41) is 12.3. The van der Waals surface area contributed by atoms with E-state index in [1.54, 1.807) is 0 Å². The maximum atomic E-state index is 12.3. The Hall–Kier alpha value is -1.10. The van der Waals surface area contributed by atoms with Gasteiger partial charge in [0, 0.05) is 6.61 Å². The van der Waals surface area contributed by atoms with Crippen LogP contribution in [0.15, 0.2) is 0 Å². The molecule has 1 aliphatic carbocycles. The first-order chi connectivity index (χ1) is 8.94. The third-order valence-electron chi connectivity index (χ3n) is 4.61. The number of amides is 1. The molecule has 2 unspecified atom stereocenters. The highest BCUT2D eigenvalue weighted by molar-refractivity contribution is 5.88. The van der Waals surface area contributed by atoms with Crippen molar-refractivity contribution in [3.8, 4) is 0 Å². The van der Waals surface area contributed by atoms with E-state index in [-0.39, 0.29) is 17.9 Å². The van der Waals surface area contributed by atoms with Gasteiger partial charge in [0.05, 0.1) is 12.0 Å². The minimum atomic E-state index is -1.06. The van der Waals surface area contributed by atoms with Crippen LogP contribution in [0.4, 0.5) is 0 Å². The second-order valence-corrected chi connectivity index (χ2v) is 6.03. The van der Waals surface area contributed by atoms with Crippen LogP contribution in [0.5, 0.6) is 0 Å². The van der Waals surface area contributed by atoms with Crippen LogP contribution >= 0.6 is 0 Å². The Morgan fingerprint density at radius 1 is 1.21 bits per heavy atom. The van der Waals surface area contributed by atoms with Gasteiger partial charge in [-0.05, 0) is 44.9 Å². The van der Waals surface area contributed by atoms with E-state index in [1.165, 1.54) is 0 Å². The first kappa shape index (κ1) is 14.3. The molecule has 2 rings (SSSR count). The van der Waals surface area contributed by atoms with E-state index in [0.717, 1.165) is 12.8 Å². The summed E-state index contributed by atoms with van der Waals surface area (Å²) < 4.78 is 5.38. The van der Waals surface area contributed by atoms with E-state index in [9.17, 15) is 14.7 Å². The molecule has 2 atom stereocenters. The molecule has 0 aromatic heterocycles. The van der Waals surface area contributed by atoms with E-state index in [1.807, 2.05) is 6.92 Å². The lowest BCUT2D eigenvalue weighted by Gasteiger charge is -2.37. The zero-order valence-electron chi connectivity index (χ0n) is 11.6. The van der Waals surface area contributed by atoms with Crippen LogP contribution in [-0.4, -0.2) is 35.2 Å². The monoisotopic (exact) mass is 269 g/mol. The largest absolute Gasteiger partial charge is 0.480 e. The van der Waals surface area contributed by atoms with Gasteiger partial charge in [-0.2, -0.15) is 0 Å². The third-order valence-corrected chi connectivity index (χ3v) is 4.61. The molecule has 1 aliphatic heterocycles. The molecule has 5 heteroatoms. The molecule has 19 heavy (non-hydrogen) atoms. The summed E-state index contributed by atoms with van der Waals surface area (Å²) in [7, 11) is 0. The van der Waals surface area contributed by atoms with Crippen LogP contribution < -0.4 is 5.32 Å². The van der Waals surface area contributed by atoms with Crippen molar-refractivity contribution in [2.24, 2.45) is 11.8 Å².